The topological polar surface area (TPSA) is 85.4 Å². The maximum absolute atomic E-state index is 13.6. The summed E-state index contributed by atoms with van der Waals surface area (Å²) in [7, 11) is 1.73. The van der Waals surface area contributed by atoms with Crippen LogP contribution in [0.5, 0.6) is 5.75 Å². The molecule has 4 rings (SSSR count). The molecule has 2 fully saturated rings. The first-order valence-corrected chi connectivity index (χ1v) is 12.6. The Morgan fingerprint density at radius 2 is 1.78 bits per heavy atom. The minimum Gasteiger partial charge on any atom is -0.494 e. The average Bonchev–Trinajstić information content (AvgIpc) is 2.88. The summed E-state index contributed by atoms with van der Waals surface area (Å²) in [5.74, 6) is 0.512. The summed E-state index contributed by atoms with van der Waals surface area (Å²) in [4.78, 5) is 43.7. The number of rotatable bonds is 8. The number of hydrazine groups is 1. The molecule has 2 aliphatic heterocycles. The van der Waals surface area contributed by atoms with Gasteiger partial charge < -0.3 is 19.9 Å². The number of nitrogens with zero attached hydrogens (tertiary/aromatic N) is 4. The first kappa shape index (κ1) is 25.5. The molecule has 0 unspecified atom stereocenters. The van der Waals surface area contributed by atoms with E-state index in [0.717, 1.165) is 29.7 Å². The van der Waals surface area contributed by atoms with Gasteiger partial charge in [-0.3, -0.25) is 9.59 Å². The second-order valence-electron chi connectivity index (χ2n) is 9.13. The fourth-order valence-electron chi connectivity index (χ4n) is 4.83. The minimum atomic E-state index is -0.760. The Balaban J connectivity index is 1.58. The second kappa shape index (κ2) is 11.4. The van der Waals surface area contributed by atoms with E-state index in [1.54, 1.807) is 26.9 Å². The van der Waals surface area contributed by atoms with E-state index in [2.05, 4.69) is 12.2 Å². The van der Waals surface area contributed by atoms with Crippen LogP contribution in [0, 0.1) is 0 Å². The SMILES string of the molecule is CCCCN1C[C@H]2N(C(=O)CN(C)N2C(=O)NCc2ccc(OCC)cc2)[C@@H](c2ccccc2)C1=O. The number of ether oxygens (including phenoxy) is 1. The number of piperazine rings is 1. The monoisotopic (exact) mass is 493 g/mol. The molecule has 2 aliphatic rings. The van der Waals surface area contributed by atoms with Crippen molar-refractivity contribution in [1.29, 1.82) is 0 Å². The van der Waals surface area contributed by atoms with E-state index in [9.17, 15) is 14.4 Å². The Morgan fingerprint density at radius 3 is 2.44 bits per heavy atom. The zero-order valence-corrected chi connectivity index (χ0v) is 21.2. The molecule has 0 aromatic heterocycles. The average molecular weight is 494 g/mol. The number of hydrogen-bond donors (Lipinski definition) is 1. The van der Waals surface area contributed by atoms with Gasteiger partial charge in [0.25, 0.3) is 0 Å². The quantitative estimate of drug-likeness (QED) is 0.611. The molecule has 2 saturated heterocycles. The van der Waals surface area contributed by atoms with E-state index in [1.807, 2.05) is 61.5 Å². The van der Waals surface area contributed by atoms with Crippen LogP contribution < -0.4 is 10.1 Å². The van der Waals surface area contributed by atoms with Crippen LogP contribution >= 0.6 is 0 Å². The Hall–Kier alpha value is -3.59. The lowest BCUT2D eigenvalue weighted by atomic mass is 9.98. The highest BCUT2D eigenvalue weighted by Crippen LogP contribution is 2.34. The summed E-state index contributed by atoms with van der Waals surface area (Å²) in [5.41, 5.74) is 1.69. The van der Waals surface area contributed by atoms with Crippen molar-refractivity contribution < 1.29 is 19.1 Å². The third-order valence-electron chi connectivity index (χ3n) is 6.61. The van der Waals surface area contributed by atoms with Gasteiger partial charge >= 0.3 is 6.03 Å². The number of fused-ring (bicyclic) bond motifs is 1. The number of benzene rings is 2. The van der Waals surface area contributed by atoms with Crippen molar-refractivity contribution in [3.8, 4) is 5.75 Å². The van der Waals surface area contributed by atoms with Crippen molar-refractivity contribution in [1.82, 2.24) is 25.1 Å². The van der Waals surface area contributed by atoms with Gasteiger partial charge in [0.1, 0.15) is 18.0 Å². The van der Waals surface area contributed by atoms with Crippen LogP contribution in [0.1, 0.15) is 43.9 Å². The van der Waals surface area contributed by atoms with Gasteiger partial charge in [0.2, 0.25) is 11.8 Å². The third kappa shape index (κ3) is 5.31. The van der Waals surface area contributed by atoms with E-state index in [-0.39, 0.29) is 30.9 Å². The Bertz CT molecular complexity index is 1060. The van der Waals surface area contributed by atoms with Gasteiger partial charge in [-0.25, -0.2) is 14.8 Å². The fraction of sp³-hybridized carbons (Fsp3) is 0.444. The summed E-state index contributed by atoms with van der Waals surface area (Å²) in [6, 6.07) is 15.9. The van der Waals surface area contributed by atoms with Crippen molar-refractivity contribution in [3.63, 3.8) is 0 Å². The molecule has 36 heavy (non-hydrogen) atoms. The van der Waals surface area contributed by atoms with E-state index >= 15 is 0 Å². The van der Waals surface area contributed by atoms with Gasteiger partial charge in [0.05, 0.1) is 19.7 Å². The Morgan fingerprint density at radius 1 is 1.06 bits per heavy atom. The highest BCUT2D eigenvalue weighted by atomic mass is 16.5. The molecular weight excluding hydrogens is 458 g/mol. The second-order valence-corrected chi connectivity index (χ2v) is 9.13. The normalized spacial score (nSPS) is 20.4. The molecule has 0 aliphatic carbocycles. The molecule has 2 heterocycles. The Kier molecular flexibility index (Phi) is 8.10. The lowest BCUT2D eigenvalue weighted by Gasteiger charge is -2.54. The van der Waals surface area contributed by atoms with Gasteiger partial charge in [0.15, 0.2) is 0 Å². The molecule has 0 bridgehead atoms. The molecule has 4 amide bonds. The summed E-state index contributed by atoms with van der Waals surface area (Å²) in [6.45, 7) is 5.80. The molecule has 0 saturated carbocycles. The smallest absolute Gasteiger partial charge is 0.334 e. The van der Waals surface area contributed by atoms with Crippen molar-refractivity contribution in [2.24, 2.45) is 0 Å². The molecule has 2 atom stereocenters. The van der Waals surface area contributed by atoms with Crippen molar-refractivity contribution in [2.75, 3.05) is 33.3 Å². The first-order valence-electron chi connectivity index (χ1n) is 12.6. The number of urea groups is 1. The predicted molar refractivity (Wildman–Crippen MR) is 136 cm³/mol. The molecule has 1 N–H and O–H groups in total. The number of amides is 4. The standard InChI is InChI=1S/C27H35N5O4/c1-4-6-16-30-18-23-31(25(26(30)34)21-10-8-7-9-11-21)24(33)19-29(3)32(23)27(35)28-17-20-12-14-22(15-13-20)36-5-2/h7-15,23,25H,4-6,16-19H2,1-3H3,(H,28,35)/t23-,25-/m0/s1. The molecule has 0 spiro atoms. The van der Waals surface area contributed by atoms with Gasteiger partial charge in [-0.05, 0) is 36.6 Å². The molecule has 2 aromatic carbocycles. The number of hydrogen-bond acceptors (Lipinski definition) is 5. The van der Waals surface area contributed by atoms with Crippen LogP contribution in [0.4, 0.5) is 4.79 Å². The lowest BCUT2D eigenvalue weighted by Crippen LogP contribution is -2.73. The van der Waals surface area contributed by atoms with Gasteiger partial charge in [0, 0.05) is 20.1 Å². The van der Waals surface area contributed by atoms with Gasteiger partial charge in [-0.2, -0.15) is 0 Å². The fourth-order valence-corrected chi connectivity index (χ4v) is 4.83. The lowest BCUT2D eigenvalue weighted by molar-refractivity contribution is -0.187. The summed E-state index contributed by atoms with van der Waals surface area (Å²) >= 11 is 0. The van der Waals surface area contributed by atoms with E-state index in [1.165, 1.54) is 0 Å². The summed E-state index contributed by atoms with van der Waals surface area (Å²) < 4.78 is 5.49. The molecule has 9 heteroatoms. The highest BCUT2D eigenvalue weighted by molar-refractivity contribution is 5.92. The molecule has 2 aromatic rings. The summed E-state index contributed by atoms with van der Waals surface area (Å²) in [5, 5.41) is 6.21. The zero-order chi connectivity index (χ0) is 25.7. The highest BCUT2D eigenvalue weighted by Gasteiger charge is 2.51. The maximum atomic E-state index is 13.6. The Labute approximate surface area is 212 Å². The number of likely N-dealkylation sites (N-methyl/N-ethyl adjacent to an activating group) is 1. The van der Waals surface area contributed by atoms with E-state index < -0.39 is 12.2 Å². The first-order chi connectivity index (χ1) is 17.4. The predicted octanol–water partition coefficient (Wildman–Crippen LogP) is 3.00. The molecule has 9 nitrogen and oxygen atoms in total. The summed E-state index contributed by atoms with van der Waals surface area (Å²) in [6.07, 6.45) is 1.20. The zero-order valence-electron chi connectivity index (χ0n) is 21.2. The van der Waals surface area contributed by atoms with Crippen molar-refractivity contribution >= 4 is 17.8 Å². The van der Waals surface area contributed by atoms with Crippen LogP contribution in [-0.4, -0.2) is 77.1 Å². The maximum Gasteiger partial charge on any atom is 0.334 e. The van der Waals surface area contributed by atoms with Crippen molar-refractivity contribution in [2.45, 2.75) is 45.4 Å². The molecular formula is C27H35N5O4. The third-order valence-corrected chi connectivity index (χ3v) is 6.61. The van der Waals surface area contributed by atoms with Crippen LogP contribution in [-0.2, 0) is 16.1 Å². The number of carbonyl (C=O) groups excluding carboxylic acids is 3. The largest absolute Gasteiger partial charge is 0.494 e. The van der Waals surface area contributed by atoms with Crippen LogP contribution in [0.15, 0.2) is 54.6 Å². The van der Waals surface area contributed by atoms with Crippen LogP contribution in [0.25, 0.3) is 0 Å². The molecule has 0 radical (unpaired) electrons. The molecule has 192 valence electrons. The van der Waals surface area contributed by atoms with Crippen LogP contribution in [0.2, 0.25) is 0 Å². The van der Waals surface area contributed by atoms with E-state index in [0.29, 0.717) is 19.7 Å². The van der Waals surface area contributed by atoms with Crippen molar-refractivity contribution in [3.05, 3.63) is 65.7 Å². The number of carbonyl (C=O) groups is 3. The van der Waals surface area contributed by atoms with E-state index in [4.69, 9.17) is 4.74 Å². The van der Waals surface area contributed by atoms with Gasteiger partial charge in [-0.1, -0.05) is 55.8 Å². The number of unbranched alkanes of at least 4 members (excludes halogenated alkanes) is 1. The number of nitrogens with one attached hydrogen (secondary N) is 1. The van der Waals surface area contributed by atoms with Gasteiger partial charge in [-0.15, -0.1) is 0 Å². The van der Waals surface area contributed by atoms with Crippen LogP contribution in [0.3, 0.4) is 0 Å². The minimum absolute atomic E-state index is 0.0124.